The number of benzene rings is 1. The summed E-state index contributed by atoms with van der Waals surface area (Å²) >= 11 is 0. The number of aromatic nitrogens is 2. The number of rotatable bonds is 7. The lowest BCUT2D eigenvalue weighted by Gasteiger charge is -2.28. The molecule has 0 unspecified atom stereocenters. The number of hydrogen-bond acceptors (Lipinski definition) is 8. The van der Waals surface area contributed by atoms with Crippen LogP contribution in [0.2, 0.25) is 0 Å². The van der Waals surface area contributed by atoms with Crippen LogP contribution in [0.3, 0.4) is 0 Å². The van der Waals surface area contributed by atoms with Crippen LogP contribution in [0, 0.1) is 5.92 Å². The van der Waals surface area contributed by atoms with E-state index in [0.29, 0.717) is 25.0 Å². The summed E-state index contributed by atoms with van der Waals surface area (Å²) in [5.41, 5.74) is -0.0984. The van der Waals surface area contributed by atoms with Crippen molar-refractivity contribution in [3.05, 3.63) is 48.7 Å². The summed E-state index contributed by atoms with van der Waals surface area (Å²) in [5.74, 6) is -0.400. The number of ether oxygens (including phenoxy) is 3. The molecule has 2 atom stereocenters. The zero-order valence-electron chi connectivity index (χ0n) is 23.6. The number of fused-ring (bicyclic) bond motifs is 1. The Morgan fingerprint density at radius 1 is 1.08 bits per heavy atom. The summed E-state index contributed by atoms with van der Waals surface area (Å²) in [6, 6.07) is 7.69. The summed E-state index contributed by atoms with van der Waals surface area (Å²) in [4.78, 5) is 44.1. The van der Waals surface area contributed by atoms with Crippen molar-refractivity contribution in [1.82, 2.24) is 14.5 Å². The summed E-state index contributed by atoms with van der Waals surface area (Å²) in [5, 5.41) is 0.967. The molecule has 1 saturated carbocycles. The normalized spacial score (nSPS) is 19.0. The number of hydrogen-bond donors (Lipinski definition) is 0. The highest BCUT2D eigenvalue weighted by Crippen LogP contribution is 2.57. The minimum absolute atomic E-state index is 0.0521. The number of nitrogens with zero attached hydrogens (tertiary/aromatic N) is 3. The maximum absolute atomic E-state index is 13.0. The van der Waals surface area contributed by atoms with E-state index in [2.05, 4.69) is 4.98 Å². The molecule has 0 spiro atoms. The van der Waals surface area contributed by atoms with Crippen LogP contribution in [0.15, 0.2) is 47.5 Å². The van der Waals surface area contributed by atoms with Crippen molar-refractivity contribution in [2.24, 2.45) is 5.92 Å². The summed E-state index contributed by atoms with van der Waals surface area (Å²) < 4.78 is 23.3. The Bertz CT molecular complexity index is 1330. The first kappa shape index (κ1) is 28.2. The molecule has 4 rings (SSSR count). The van der Waals surface area contributed by atoms with Gasteiger partial charge in [0.25, 0.3) is 0 Å². The molecule has 3 aromatic rings. The van der Waals surface area contributed by atoms with Crippen LogP contribution in [-0.4, -0.2) is 57.5 Å². The summed E-state index contributed by atoms with van der Waals surface area (Å²) in [6.07, 6.45) is 5.25. The Balaban J connectivity index is 1.47. The molecule has 2 aromatic heterocycles. The highest BCUT2D eigenvalue weighted by molar-refractivity contribution is 5.88. The molecular weight excluding hydrogens is 502 g/mol. The predicted molar refractivity (Wildman–Crippen MR) is 144 cm³/mol. The quantitative estimate of drug-likeness (QED) is 0.265. The highest BCUT2D eigenvalue weighted by Gasteiger charge is 2.63. The second-order valence-corrected chi connectivity index (χ2v) is 11.9. The third-order valence-corrected chi connectivity index (χ3v) is 6.59. The largest absolute Gasteiger partial charge is 0.468 e. The van der Waals surface area contributed by atoms with Crippen molar-refractivity contribution in [1.29, 1.82) is 0 Å². The van der Waals surface area contributed by atoms with Crippen molar-refractivity contribution in [3.8, 4) is 5.69 Å². The first-order valence-electron chi connectivity index (χ1n) is 13.1. The molecule has 10 heteroatoms. The molecule has 0 bridgehead atoms. The molecule has 10 nitrogen and oxygen atoms in total. The van der Waals surface area contributed by atoms with E-state index in [0.717, 1.165) is 21.6 Å². The van der Waals surface area contributed by atoms with Crippen LogP contribution in [0.4, 0.5) is 9.59 Å². The van der Waals surface area contributed by atoms with Gasteiger partial charge in [0, 0.05) is 23.8 Å². The Kier molecular flexibility index (Phi) is 7.51. The first-order chi connectivity index (χ1) is 18.2. The fraction of sp³-hybridized carbons (Fsp3) is 0.517. The molecule has 1 aliphatic rings. The zero-order valence-corrected chi connectivity index (χ0v) is 23.6. The van der Waals surface area contributed by atoms with E-state index in [9.17, 15) is 14.4 Å². The third kappa shape index (κ3) is 6.26. The van der Waals surface area contributed by atoms with Crippen molar-refractivity contribution in [2.45, 2.75) is 77.4 Å². The SMILES string of the molecule is COC(=O)[C@]1(c2cn(-c3ccc4occc4c3)cn2)C[C@@H]1CCCN(C(=O)OC(C)(C)C)C(=O)OC(C)(C)C. The third-order valence-electron chi connectivity index (χ3n) is 6.59. The number of imidazole rings is 1. The fourth-order valence-electron chi connectivity index (χ4n) is 4.72. The van der Waals surface area contributed by atoms with Gasteiger partial charge in [-0.1, -0.05) is 0 Å². The van der Waals surface area contributed by atoms with E-state index in [4.69, 9.17) is 18.6 Å². The van der Waals surface area contributed by atoms with E-state index in [1.54, 1.807) is 54.1 Å². The van der Waals surface area contributed by atoms with Crippen LogP contribution in [0.1, 0.15) is 66.5 Å². The fourth-order valence-corrected chi connectivity index (χ4v) is 4.72. The molecule has 1 fully saturated rings. The van der Waals surface area contributed by atoms with Gasteiger partial charge in [-0.2, -0.15) is 0 Å². The van der Waals surface area contributed by atoms with Crippen LogP contribution in [-0.2, 0) is 24.4 Å². The maximum atomic E-state index is 13.0. The van der Waals surface area contributed by atoms with Gasteiger partial charge in [0.1, 0.15) is 22.2 Å². The van der Waals surface area contributed by atoms with Gasteiger partial charge in [-0.3, -0.25) is 4.79 Å². The molecular formula is C29H37N3O7. The van der Waals surface area contributed by atoms with E-state index in [1.807, 2.05) is 35.0 Å². The van der Waals surface area contributed by atoms with Gasteiger partial charge in [0.05, 0.1) is 25.4 Å². The zero-order chi connectivity index (χ0) is 28.6. The molecule has 2 amide bonds. The van der Waals surface area contributed by atoms with Gasteiger partial charge in [0.2, 0.25) is 0 Å². The number of imide groups is 1. The molecule has 2 heterocycles. The van der Waals surface area contributed by atoms with E-state index >= 15 is 0 Å². The molecule has 1 aliphatic carbocycles. The van der Waals surface area contributed by atoms with Crippen molar-refractivity contribution in [3.63, 3.8) is 0 Å². The number of amides is 2. The van der Waals surface area contributed by atoms with Crippen molar-refractivity contribution >= 4 is 29.1 Å². The first-order valence-corrected chi connectivity index (χ1v) is 13.1. The van der Waals surface area contributed by atoms with Gasteiger partial charge in [-0.15, -0.1) is 0 Å². The van der Waals surface area contributed by atoms with Gasteiger partial charge in [-0.25, -0.2) is 19.5 Å². The Labute approximate surface area is 228 Å². The van der Waals surface area contributed by atoms with Crippen molar-refractivity contribution < 1.29 is 33.0 Å². The standard InChI is InChI=1S/C29H37N3O7/c1-27(2,3)38-25(34)32(26(35)39-28(4,5)6)13-8-9-20-16-29(20,24(33)36-7)23-17-31(18-30-23)21-10-11-22-19(15-21)12-14-37-22/h10-12,14-15,17-18,20H,8-9,13,16H2,1-7H3/t20-,29+/m0/s1. The van der Waals surface area contributed by atoms with E-state index < -0.39 is 28.8 Å². The van der Waals surface area contributed by atoms with Crippen LogP contribution in [0.25, 0.3) is 16.7 Å². The van der Waals surface area contributed by atoms with Gasteiger partial charge in [-0.05, 0) is 91.0 Å². The maximum Gasteiger partial charge on any atom is 0.419 e. The minimum Gasteiger partial charge on any atom is -0.468 e. The lowest BCUT2D eigenvalue weighted by atomic mass is 9.97. The predicted octanol–water partition coefficient (Wildman–Crippen LogP) is 6.00. The van der Waals surface area contributed by atoms with E-state index in [1.165, 1.54) is 7.11 Å². The van der Waals surface area contributed by atoms with Crippen molar-refractivity contribution in [2.75, 3.05) is 13.7 Å². The topological polar surface area (TPSA) is 113 Å². The lowest BCUT2D eigenvalue weighted by Crippen LogP contribution is -2.44. The average molecular weight is 540 g/mol. The van der Waals surface area contributed by atoms with Gasteiger partial charge < -0.3 is 23.2 Å². The highest BCUT2D eigenvalue weighted by atomic mass is 16.6. The average Bonchev–Trinajstić information content (AvgIpc) is 3.17. The molecule has 210 valence electrons. The Hall–Kier alpha value is -3.82. The number of esters is 1. The monoisotopic (exact) mass is 539 g/mol. The van der Waals surface area contributed by atoms with E-state index in [-0.39, 0.29) is 18.4 Å². The molecule has 39 heavy (non-hydrogen) atoms. The molecule has 0 saturated heterocycles. The number of carbonyl (C=O) groups is 3. The van der Waals surface area contributed by atoms with Crippen LogP contribution >= 0.6 is 0 Å². The minimum atomic E-state index is -0.873. The second kappa shape index (κ2) is 10.4. The number of methoxy groups -OCH3 is 1. The Morgan fingerprint density at radius 3 is 2.36 bits per heavy atom. The molecule has 1 aromatic carbocycles. The number of furan rings is 1. The lowest BCUT2D eigenvalue weighted by molar-refractivity contribution is -0.144. The van der Waals surface area contributed by atoms with Gasteiger partial charge >= 0.3 is 18.2 Å². The molecule has 0 N–H and O–H groups in total. The smallest absolute Gasteiger partial charge is 0.419 e. The second-order valence-electron chi connectivity index (χ2n) is 11.9. The summed E-state index contributed by atoms with van der Waals surface area (Å²) in [6.45, 7) is 10.5. The van der Waals surface area contributed by atoms with Crippen LogP contribution < -0.4 is 0 Å². The van der Waals surface area contributed by atoms with Gasteiger partial charge in [0.15, 0.2) is 0 Å². The molecule has 0 radical (unpaired) electrons. The number of carbonyl (C=O) groups excluding carboxylic acids is 3. The molecule has 0 aliphatic heterocycles. The Morgan fingerprint density at radius 2 is 1.74 bits per heavy atom. The van der Waals surface area contributed by atoms with Crippen LogP contribution in [0.5, 0.6) is 0 Å². The summed E-state index contributed by atoms with van der Waals surface area (Å²) in [7, 11) is 1.37.